The number of rotatable bonds is 4. The number of fused-ring (bicyclic) bond motifs is 1. The fourth-order valence-electron chi connectivity index (χ4n) is 4.26. The highest BCUT2D eigenvalue weighted by Gasteiger charge is 2.42. The van der Waals surface area contributed by atoms with Gasteiger partial charge in [-0.15, -0.1) is 0 Å². The number of aryl methyl sites for hydroxylation is 2. The largest absolute Gasteiger partial charge is 0.340 e. The summed E-state index contributed by atoms with van der Waals surface area (Å²) in [5.74, 6) is 1.31. The number of hydrogen-bond donors (Lipinski definition) is 1. The number of nitrogens with one attached hydrogen (secondary N) is 1. The fraction of sp³-hybridized carbons (Fsp3) is 0.765. The average molecular weight is 366 g/mol. The van der Waals surface area contributed by atoms with Crippen LogP contribution in [-0.2, 0) is 27.8 Å². The van der Waals surface area contributed by atoms with Crippen LogP contribution < -0.4 is 4.72 Å². The first-order valence-electron chi connectivity index (χ1n) is 9.25. The van der Waals surface area contributed by atoms with E-state index in [-0.39, 0.29) is 17.9 Å². The summed E-state index contributed by atoms with van der Waals surface area (Å²) in [4.78, 5) is 18.5. The lowest BCUT2D eigenvalue weighted by atomic mass is 10.0. The second kappa shape index (κ2) is 6.39. The molecule has 25 heavy (non-hydrogen) atoms. The number of carbonyl (C=O) groups is 1. The van der Waals surface area contributed by atoms with E-state index in [0.29, 0.717) is 19.6 Å². The van der Waals surface area contributed by atoms with Crippen LogP contribution in [0.25, 0.3) is 0 Å². The Morgan fingerprint density at radius 1 is 1.20 bits per heavy atom. The summed E-state index contributed by atoms with van der Waals surface area (Å²) in [6.07, 6.45) is 7.68. The Labute approximate surface area is 148 Å². The molecule has 1 aliphatic carbocycles. The van der Waals surface area contributed by atoms with E-state index >= 15 is 0 Å². The predicted octanol–water partition coefficient (Wildman–Crippen LogP) is 0.827. The van der Waals surface area contributed by atoms with Crippen molar-refractivity contribution >= 4 is 15.9 Å². The topological polar surface area (TPSA) is 84.3 Å². The molecule has 138 valence electrons. The maximum atomic E-state index is 12.6. The summed E-state index contributed by atoms with van der Waals surface area (Å²) < 4.78 is 30.1. The van der Waals surface area contributed by atoms with Crippen LogP contribution in [0.5, 0.6) is 0 Å². The molecule has 1 aromatic heterocycles. The third-order valence-electron chi connectivity index (χ3n) is 5.75. The Morgan fingerprint density at radius 2 is 1.92 bits per heavy atom. The van der Waals surface area contributed by atoms with Crippen molar-refractivity contribution in [3.63, 3.8) is 0 Å². The average Bonchev–Trinajstić information content (AvgIpc) is 3.12. The lowest BCUT2D eigenvalue weighted by Crippen LogP contribution is -2.61. The smallest absolute Gasteiger partial charge is 0.225 e. The minimum atomic E-state index is -3.39. The summed E-state index contributed by atoms with van der Waals surface area (Å²) in [5, 5.41) is -0.469. The van der Waals surface area contributed by atoms with Crippen molar-refractivity contribution in [3.05, 3.63) is 17.7 Å². The first-order chi connectivity index (χ1) is 11.9. The quantitative estimate of drug-likeness (QED) is 0.855. The summed E-state index contributed by atoms with van der Waals surface area (Å²) in [6.45, 7) is 3.27. The molecule has 1 amide bonds. The van der Waals surface area contributed by atoms with Gasteiger partial charge >= 0.3 is 0 Å². The Kier molecular flexibility index (Phi) is 4.35. The highest BCUT2D eigenvalue weighted by molar-refractivity contribution is 7.90. The van der Waals surface area contributed by atoms with Crippen molar-refractivity contribution in [1.29, 1.82) is 0 Å². The molecule has 0 radical (unpaired) electrons. The van der Waals surface area contributed by atoms with E-state index in [0.717, 1.165) is 50.0 Å². The highest BCUT2D eigenvalue weighted by atomic mass is 32.2. The van der Waals surface area contributed by atoms with Crippen LogP contribution in [0, 0.1) is 12.8 Å². The first-order valence-corrected chi connectivity index (χ1v) is 10.8. The number of nitrogens with zero attached hydrogens (tertiary/aromatic N) is 3. The molecule has 0 bridgehead atoms. The van der Waals surface area contributed by atoms with Gasteiger partial charge < -0.3 is 9.47 Å². The molecule has 1 saturated carbocycles. The Hall–Kier alpha value is -1.41. The van der Waals surface area contributed by atoms with Gasteiger partial charge in [0.1, 0.15) is 11.1 Å². The third-order valence-corrected chi connectivity index (χ3v) is 7.58. The van der Waals surface area contributed by atoms with E-state index < -0.39 is 15.3 Å². The molecule has 2 aliphatic heterocycles. The second-order valence-corrected chi connectivity index (χ2v) is 9.69. The maximum absolute atomic E-state index is 12.6. The van der Waals surface area contributed by atoms with Crippen molar-refractivity contribution in [3.8, 4) is 0 Å². The summed E-state index contributed by atoms with van der Waals surface area (Å²) in [5.41, 5.74) is 0.971. The van der Waals surface area contributed by atoms with Gasteiger partial charge in [-0.05, 0) is 26.2 Å². The van der Waals surface area contributed by atoms with Gasteiger partial charge in [0, 0.05) is 44.2 Å². The minimum Gasteiger partial charge on any atom is -0.340 e. The van der Waals surface area contributed by atoms with Gasteiger partial charge in [0.05, 0.1) is 5.69 Å². The number of sulfonamides is 1. The maximum Gasteiger partial charge on any atom is 0.225 e. The van der Waals surface area contributed by atoms with Crippen LogP contribution in [-0.4, -0.2) is 53.2 Å². The molecular weight excluding hydrogens is 340 g/mol. The summed E-state index contributed by atoms with van der Waals surface area (Å²) >= 11 is 0. The molecule has 0 aromatic carbocycles. The van der Waals surface area contributed by atoms with E-state index in [9.17, 15) is 13.2 Å². The number of amides is 1. The van der Waals surface area contributed by atoms with Crippen molar-refractivity contribution in [1.82, 2.24) is 19.2 Å². The van der Waals surface area contributed by atoms with Crippen molar-refractivity contribution in [2.75, 3.05) is 13.1 Å². The van der Waals surface area contributed by atoms with Gasteiger partial charge in [0.25, 0.3) is 0 Å². The van der Waals surface area contributed by atoms with Gasteiger partial charge in [0.2, 0.25) is 15.9 Å². The van der Waals surface area contributed by atoms with Crippen molar-refractivity contribution < 1.29 is 13.2 Å². The molecule has 3 heterocycles. The van der Waals surface area contributed by atoms with E-state index in [1.807, 2.05) is 17.7 Å². The van der Waals surface area contributed by atoms with E-state index in [1.54, 1.807) is 4.90 Å². The highest BCUT2D eigenvalue weighted by Crippen LogP contribution is 2.29. The zero-order valence-corrected chi connectivity index (χ0v) is 15.5. The molecule has 1 N–H and O–H groups in total. The number of likely N-dealkylation sites (tertiary alicyclic amines) is 1. The van der Waals surface area contributed by atoms with Gasteiger partial charge in [-0.2, -0.15) is 0 Å². The number of imidazole rings is 1. The second-order valence-electron chi connectivity index (χ2n) is 7.70. The van der Waals surface area contributed by atoms with E-state index in [1.165, 1.54) is 0 Å². The van der Waals surface area contributed by atoms with E-state index in [2.05, 4.69) is 9.71 Å². The predicted molar refractivity (Wildman–Crippen MR) is 93.5 cm³/mol. The molecule has 1 atom stereocenters. The van der Waals surface area contributed by atoms with Crippen LogP contribution in [0.2, 0.25) is 0 Å². The molecule has 0 spiro atoms. The monoisotopic (exact) mass is 366 g/mol. The van der Waals surface area contributed by atoms with Crippen LogP contribution in [0.15, 0.2) is 6.20 Å². The zero-order valence-electron chi connectivity index (χ0n) is 14.6. The first kappa shape index (κ1) is 17.0. The standard InChI is InChI=1S/C17H26N4O3S/c1-12-8-20-9-14(6-7-16(20)18-12)19-25(23,24)15-10-21(11-15)17(22)13-4-2-3-5-13/h8,13-15,19H,2-7,9-11H2,1H3/t14-/m1/s1. The van der Waals surface area contributed by atoms with E-state index in [4.69, 9.17) is 0 Å². The Morgan fingerprint density at radius 3 is 2.64 bits per heavy atom. The van der Waals surface area contributed by atoms with Crippen LogP contribution in [0.4, 0.5) is 0 Å². The third kappa shape index (κ3) is 3.33. The van der Waals surface area contributed by atoms with Gasteiger partial charge in [-0.3, -0.25) is 4.79 Å². The van der Waals surface area contributed by atoms with Crippen molar-refractivity contribution in [2.45, 2.75) is 63.3 Å². The molecule has 0 unspecified atom stereocenters. The summed E-state index contributed by atoms with van der Waals surface area (Å²) in [7, 11) is -3.39. The number of hydrogen-bond acceptors (Lipinski definition) is 4. The SMILES string of the molecule is Cc1cn2c(n1)CC[C@@H](NS(=O)(=O)C1CN(C(=O)C3CCCC3)C1)C2. The minimum absolute atomic E-state index is 0.0920. The molecule has 4 rings (SSSR count). The summed E-state index contributed by atoms with van der Waals surface area (Å²) in [6, 6.07) is -0.0920. The fourth-order valence-corrected chi connectivity index (χ4v) is 5.86. The molecule has 1 saturated heterocycles. The van der Waals surface area contributed by atoms with Crippen LogP contribution in [0.3, 0.4) is 0 Å². The lowest BCUT2D eigenvalue weighted by Gasteiger charge is -2.40. The Bertz CT molecular complexity index is 761. The normalized spacial score (nSPS) is 25.0. The van der Waals surface area contributed by atoms with Crippen LogP contribution >= 0.6 is 0 Å². The molecule has 8 heteroatoms. The van der Waals surface area contributed by atoms with Gasteiger partial charge in [-0.1, -0.05) is 12.8 Å². The number of aromatic nitrogens is 2. The molecule has 2 fully saturated rings. The zero-order chi connectivity index (χ0) is 17.6. The molecule has 3 aliphatic rings. The molecule has 1 aromatic rings. The Balaban J connectivity index is 1.32. The van der Waals surface area contributed by atoms with Crippen molar-refractivity contribution in [2.24, 2.45) is 5.92 Å². The molecule has 7 nitrogen and oxygen atoms in total. The van der Waals surface area contributed by atoms with Crippen LogP contribution in [0.1, 0.15) is 43.6 Å². The lowest BCUT2D eigenvalue weighted by molar-refractivity contribution is -0.138. The number of carbonyl (C=O) groups excluding carboxylic acids is 1. The van der Waals surface area contributed by atoms with Gasteiger partial charge in [-0.25, -0.2) is 18.1 Å². The molecular formula is C17H26N4O3S. The van der Waals surface area contributed by atoms with Gasteiger partial charge in [0.15, 0.2) is 0 Å².